The highest BCUT2D eigenvalue weighted by atomic mass is 32.2. The molecule has 32 valence electrons. The fourth-order valence-electron chi connectivity index (χ4n) is 0.0278. The first-order valence-electron chi connectivity index (χ1n) is 0.908. The first-order chi connectivity index (χ1) is 2.41. The molecular formula is CH3O3S-. The van der Waals surface area contributed by atoms with Crippen molar-refractivity contribution < 1.29 is 13.8 Å². The minimum atomic E-state index is -0.0706. The van der Waals surface area contributed by atoms with Crippen LogP contribution in [0.1, 0.15) is 0 Å². The molecule has 0 N–H and O–H groups in total. The minimum Gasteiger partial charge on any atom is -0.774 e. The van der Waals surface area contributed by atoms with E-state index in [-0.39, 0.29) is 12.3 Å². The van der Waals surface area contributed by atoms with Gasteiger partial charge in [0.25, 0.3) is 0 Å². The Morgan fingerprint density at radius 2 is 2.40 bits per heavy atom. The zero-order chi connectivity index (χ0) is 4.12. The van der Waals surface area contributed by atoms with Crippen LogP contribution in [-0.4, -0.2) is 11.7 Å². The van der Waals surface area contributed by atoms with E-state index in [1.165, 1.54) is 7.11 Å². The van der Waals surface area contributed by atoms with Crippen LogP contribution in [-0.2, 0) is 9.22 Å². The summed E-state index contributed by atoms with van der Waals surface area (Å²) in [6, 6.07) is 0. The van der Waals surface area contributed by atoms with Crippen LogP contribution in [0, 0.1) is 0 Å². The molecule has 0 aromatic carbocycles. The van der Waals surface area contributed by atoms with Gasteiger partial charge in [-0.05, 0) is 0 Å². The quantitative estimate of drug-likeness (QED) is 0.282. The lowest BCUT2D eigenvalue weighted by Crippen LogP contribution is -1.71. The fourth-order valence-corrected chi connectivity index (χ4v) is 0.0833. The van der Waals surface area contributed by atoms with Gasteiger partial charge in [-0.2, -0.15) is 4.33 Å². The summed E-state index contributed by atoms with van der Waals surface area (Å²) >= 11 is -0.0706. The van der Waals surface area contributed by atoms with Crippen molar-refractivity contribution in [1.82, 2.24) is 0 Å². The Morgan fingerprint density at radius 3 is 2.40 bits per heavy atom. The van der Waals surface area contributed by atoms with Crippen molar-refractivity contribution in [3.05, 3.63) is 0 Å². The third-order valence-corrected chi connectivity index (χ3v) is 0.287. The highest BCUT2D eigenvalue weighted by molar-refractivity contribution is 7.88. The van der Waals surface area contributed by atoms with Gasteiger partial charge in [0.1, 0.15) is 0 Å². The molecule has 0 amide bonds. The summed E-state index contributed by atoms with van der Waals surface area (Å²) in [6.07, 6.45) is 0. The second-order valence-electron chi connectivity index (χ2n) is 0.303. The molecule has 0 atom stereocenters. The fraction of sp³-hybridized carbons (Fsp3) is 1.00. The van der Waals surface area contributed by atoms with Gasteiger partial charge in [-0.25, -0.2) is 4.89 Å². The third kappa shape index (κ3) is 4.23. The molecule has 0 saturated heterocycles. The molecule has 0 unspecified atom stereocenters. The Labute approximate surface area is 34.2 Å². The molecule has 3 nitrogen and oxygen atoms in total. The van der Waals surface area contributed by atoms with E-state index in [4.69, 9.17) is 4.55 Å². The van der Waals surface area contributed by atoms with Gasteiger partial charge in [0.05, 0.1) is 7.11 Å². The topological polar surface area (TPSA) is 41.5 Å². The Kier molecular flexibility index (Phi) is 4.42. The molecule has 0 radical (unpaired) electrons. The van der Waals surface area contributed by atoms with E-state index in [0.717, 1.165) is 0 Å². The summed E-state index contributed by atoms with van der Waals surface area (Å²) in [4.78, 5) is 3.84. The lowest BCUT2D eigenvalue weighted by molar-refractivity contribution is -0.165. The number of rotatable bonds is 2. The Hall–Kier alpha value is 0.230. The molecule has 0 rings (SSSR count). The van der Waals surface area contributed by atoms with Crippen molar-refractivity contribution in [1.29, 1.82) is 0 Å². The molecule has 0 aliphatic carbocycles. The molecule has 0 spiro atoms. The summed E-state index contributed by atoms with van der Waals surface area (Å²) in [5, 5.41) is 0. The van der Waals surface area contributed by atoms with Gasteiger partial charge >= 0.3 is 0 Å². The van der Waals surface area contributed by atoms with E-state index in [0.29, 0.717) is 0 Å². The minimum absolute atomic E-state index is 0.0706. The molecule has 0 bridgehead atoms. The predicted molar refractivity (Wildman–Crippen MR) is 16.5 cm³/mol. The van der Waals surface area contributed by atoms with Gasteiger partial charge in [0.15, 0.2) is 0 Å². The summed E-state index contributed by atoms with van der Waals surface area (Å²) in [5.41, 5.74) is 0. The Bertz CT molecular complexity index is 14.4. The summed E-state index contributed by atoms with van der Waals surface area (Å²) in [7, 11) is 1.27. The molecule has 5 heavy (non-hydrogen) atoms. The van der Waals surface area contributed by atoms with E-state index in [2.05, 4.69) is 9.22 Å². The molecule has 0 aromatic rings. The molecule has 0 fully saturated rings. The van der Waals surface area contributed by atoms with Crippen LogP contribution in [0.2, 0.25) is 0 Å². The van der Waals surface area contributed by atoms with Crippen molar-refractivity contribution in [2.75, 3.05) is 7.11 Å². The van der Waals surface area contributed by atoms with E-state index >= 15 is 0 Å². The van der Waals surface area contributed by atoms with Crippen LogP contribution in [0.5, 0.6) is 0 Å². The lowest BCUT2D eigenvalue weighted by atomic mass is 11.8. The van der Waals surface area contributed by atoms with Crippen LogP contribution >= 0.6 is 12.3 Å². The standard InChI is InChI=1S/CH4O3S/c1-3-4-5-2/h2H,1H3/p-1. The molecule has 0 aliphatic rings. The Balaban J connectivity index is 2.19. The predicted octanol–water partition coefficient (Wildman–Crippen LogP) is 0.343. The molecule has 4 heteroatoms. The van der Waals surface area contributed by atoms with E-state index in [1.807, 2.05) is 0 Å². The van der Waals surface area contributed by atoms with Crippen LogP contribution in [0.25, 0.3) is 0 Å². The van der Waals surface area contributed by atoms with Crippen molar-refractivity contribution >= 4 is 12.3 Å². The maximum Gasteiger partial charge on any atom is 0.0725 e. The monoisotopic (exact) mass is 95.0 g/mol. The zero-order valence-corrected chi connectivity index (χ0v) is 3.45. The highest BCUT2D eigenvalue weighted by Crippen LogP contribution is 1.89. The first-order valence-corrected chi connectivity index (χ1v) is 1.57. The molecule has 0 saturated carbocycles. The Morgan fingerprint density at radius 1 is 1.80 bits per heavy atom. The average Bonchev–Trinajstić information content (AvgIpc) is 1.41. The summed E-state index contributed by atoms with van der Waals surface area (Å²) in [5.74, 6) is 0. The highest BCUT2D eigenvalue weighted by Gasteiger charge is 1.56. The van der Waals surface area contributed by atoms with Gasteiger partial charge in [0.2, 0.25) is 0 Å². The largest absolute Gasteiger partial charge is 0.774 e. The normalized spacial score (nSPS) is 8.40. The molecule has 0 heterocycles. The average molecular weight is 95.1 g/mol. The summed E-state index contributed by atoms with van der Waals surface area (Å²) < 4.78 is 12.8. The second kappa shape index (κ2) is 4.23. The van der Waals surface area contributed by atoms with Crippen LogP contribution in [0.15, 0.2) is 0 Å². The lowest BCUT2D eigenvalue weighted by Gasteiger charge is -1.95. The van der Waals surface area contributed by atoms with Crippen LogP contribution < -0.4 is 0 Å². The van der Waals surface area contributed by atoms with Crippen molar-refractivity contribution in [3.63, 3.8) is 0 Å². The van der Waals surface area contributed by atoms with E-state index < -0.39 is 0 Å². The maximum atomic E-state index is 9.10. The first kappa shape index (κ1) is 5.23. The van der Waals surface area contributed by atoms with Crippen molar-refractivity contribution in [2.24, 2.45) is 0 Å². The van der Waals surface area contributed by atoms with Gasteiger partial charge in [-0.1, -0.05) is 12.3 Å². The second-order valence-corrected chi connectivity index (χ2v) is 0.575. The molecule has 0 aliphatic heterocycles. The van der Waals surface area contributed by atoms with Gasteiger partial charge in [0, 0.05) is 0 Å². The van der Waals surface area contributed by atoms with Gasteiger partial charge in [-0.15, -0.1) is 0 Å². The molecular weight excluding hydrogens is 92.1 g/mol. The van der Waals surface area contributed by atoms with Crippen molar-refractivity contribution in [2.45, 2.75) is 0 Å². The van der Waals surface area contributed by atoms with Gasteiger partial charge < -0.3 is 4.55 Å². The SMILES string of the molecule is COOS[O-]. The third-order valence-electron chi connectivity index (χ3n) is 0.0958. The molecule has 0 aromatic heterocycles. The van der Waals surface area contributed by atoms with Crippen LogP contribution in [0.3, 0.4) is 0 Å². The van der Waals surface area contributed by atoms with Crippen LogP contribution in [0.4, 0.5) is 0 Å². The summed E-state index contributed by atoms with van der Waals surface area (Å²) in [6.45, 7) is 0. The zero-order valence-electron chi connectivity index (χ0n) is 2.63. The maximum absolute atomic E-state index is 9.10. The number of hydrogen-bond acceptors (Lipinski definition) is 4. The number of hydrogen-bond donors (Lipinski definition) is 0. The van der Waals surface area contributed by atoms with E-state index in [9.17, 15) is 0 Å². The van der Waals surface area contributed by atoms with Crippen molar-refractivity contribution in [3.8, 4) is 0 Å². The van der Waals surface area contributed by atoms with Gasteiger partial charge in [-0.3, -0.25) is 0 Å². The van der Waals surface area contributed by atoms with E-state index in [1.54, 1.807) is 0 Å². The smallest absolute Gasteiger partial charge is 0.0725 e.